The molecule has 5 nitrogen and oxygen atoms in total. The average molecular weight is 475 g/mol. The van der Waals surface area contributed by atoms with Crippen LogP contribution in [-0.2, 0) is 13.0 Å². The number of nitrogens with one attached hydrogen (secondary N) is 1. The lowest BCUT2D eigenvalue weighted by Crippen LogP contribution is -2.48. The second kappa shape index (κ2) is 10.4. The minimum absolute atomic E-state index is 0.0519. The summed E-state index contributed by atoms with van der Waals surface area (Å²) in [5.41, 5.74) is 4.93. The zero-order valence-corrected chi connectivity index (χ0v) is 19.7. The number of halogens is 1. The zero-order chi connectivity index (χ0) is 23.3. The molecule has 0 aliphatic carbocycles. The van der Waals surface area contributed by atoms with Crippen molar-refractivity contribution in [3.63, 3.8) is 0 Å². The quantitative estimate of drug-likeness (QED) is 0.476. The van der Waals surface area contributed by atoms with E-state index in [4.69, 9.17) is 0 Å². The lowest BCUT2D eigenvalue weighted by atomic mass is 10.1. The van der Waals surface area contributed by atoms with Gasteiger partial charge in [0.15, 0.2) is 0 Å². The molecule has 7 heteroatoms. The number of piperazine rings is 1. The van der Waals surface area contributed by atoms with Crippen molar-refractivity contribution < 1.29 is 9.18 Å². The van der Waals surface area contributed by atoms with Crippen LogP contribution >= 0.6 is 11.9 Å². The van der Waals surface area contributed by atoms with Crippen LogP contribution in [0.3, 0.4) is 0 Å². The molecular weight excluding hydrogens is 447 g/mol. The Kier molecular flexibility index (Phi) is 6.92. The molecule has 2 aliphatic heterocycles. The van der Waals surface area contributed by atoms with Gasteiger partial charge in [-0.2, -0.15) is 0 Å². The molecule has 2 aliphatic rings. The highest BCUT2D eigenvalue weighted by Crippen LogP contribution is 2.35. The highest BCUT2D eigenvalue weighted by atomic mass is 32.2. The fourth-order valence-corrected chi connectivity index (χ4v) is 5.15. The molecule has 0 spiro atoms. The number of aliphatic imine (C=N–C) groups is 1. The summed E-state index contributed by atoms with van der Waals surface area (Å²) in [5, 5.41) is 0. The number of para-hydroxylation sites is 1. The van der Waals surface area contributed by atoms with E-state index < -0.39 is 0 Å². The van der Waals surface area contributed by atoms with E-state index in [1.807, 2.05) is 41.4 Å². The van der Waals surface area contributed by atoms with Gasteiger partial charge in [-0.05, 0) is 78.4 Å². The van der Waals surface area contributed by atoms with Crippen LogP contribution in [0.5, 0.6) is 0 Å². The van der Waals surface area contributed by atoms with Crippen LogP contribution in [-0.4, -0.2) is 48.1 Å². The maximum absolute atomic E-state index is 13.4. The number of amides is 1. The van der Waals surface area contributed by atoms with Crippen molar-refractivity contribution in [2.45, 2.75) is 24.3 Å². The number of aryl methyl sites for hydroxylation is 1. The fourth-order valence-electron chi connectivity index (χ4n) is 4.35. The lowest BCUT2D eigenvalue weighted by Gasteiger charge is -2.34. The molecule has 174 valence electrons. The molecule has 1 N–H and O–H groups in total. The number of anilines is 1. The summed E-state index contributed by atoms with van der Waals surface area (Å²) >= 11 is 1.54. The molecule has 1 fully saturated rings. The van der Waals surface area contributed by atoms with Gasteiger partial charge in [-0.15, -0.1) is 0 Å². The van der Waals surface area contributed by atoms with Gasteiger partial charge in [0.2, 0.25) is 0 Å². The molecule has 0 unspecified atom stereocenters. The van der Waals surface area contributed by atoms with Crippen LogP contribution in [0.15, 0.2) is 76.6 Å². The Bertz CT molecular complexity index is 1190. The van der Waals surface area contributed by atoms with Gasteiger partial charge in [0, 0.05) is 50.2 Å². The maximum Gasteiger partial charge on any atom is 0.253 e. The molecule has 3 aromatic carbocycles. The van der Waals surface area contributed by atoms with E-state index >= 15 is 0 Å². The highest BCUT2D eigenvalue weighted by molar-refractivity contribution is 8.00. The fraction of sp³-hybridized carbons (Fsp3) is 0.259. The summed E-state index contributed by atoms with van der Waals surface area (Å²) in [6, 6.07) is 20.6. The molecule has 3 aromatic rings. The third kappa shape index (κ3) is 5.32. The summed E-state index contributed by atoms with van der Waals surface area (Å²) in [5.74, 6) is -0.157. The van der Waals surface area contributed by atoms with Gasteiger partial charge < -0.3 is 9.62 Å². The molecule has 34 heavy (non-hydrogen) atoms. The van der Waals surface area contributed by atoms with Crippen molar-refractivity contribution >= 4 is 35.4 Å². The number of rotatable bonds is 6. The van der Waals surface area contributed by atoms with E-state index in [2.05, 4.69) is 32.8 Å². The van der Waals surface area contributed by atoms with Gasteiger partial charge >= 0.3 is 0 Å². The molecule has 1 saturated heterocycles. The molecule has 0 bridgehead atoms. The van der Waals surface area contributed by atoms with E-state index in [9.17, 15) is 9.18 Å². The first-order chi connectivity index (χ1) is 16.7. The Hall–Kier alpha value is -3.16. The minimum Gasteiger partial charge on any atom is -0.336 e. The Morgan fingerprint density at radius 1 is 1.00 bits per heavy atom. The molecule has 5 rings (SSSR count). The van der Waals surface area contributed by atoms with Crippen molar-refractivity contribution in [1.82, 2.24) is 9.80 Å². The van der Waals surface area contributed by atoms with Gasteiger partial charge in [-0.3, -0.25) is 14.7 Å². The first-order valence-corrected chi connectivity index (χ1v) is 12.4. The van der Waals surface area contributed by atoms with E-state index in [1.165, 1.54) is 11.6 Å². The van der Waals surface area contributed by atoms with Crippen LogP contribution in [0.4, 0.5) is 15.8 Å². The van der Waals surface area contributed by atoms with E-state index in [1.54, 1.807) is 24.1 Å². The number of nitrogens with zero attached hydrogens (tertiary/aromatic N) is 3. The van der Waals surface area contributed by atoms with Crippen molar-refractivity contribution in [3.05, 3.63) is 89.2 Å². The second-order valence-electron chi connectivity index (χ2n) is 8.59. The second-order valence-corrected chi connectivity index (χ2v) is 9.44. The molecular formula is C27H27FN4OS. The van der Waals surface area contributed by atoms with Gasteiger partial charge in [-0.1, -0.05) is 24.3 Å². The van der Waals surface area contributed by atoms with Gasteiger partial charge in [-0.25, -0.2) is 4.39 Å². The molecule has 2 heterocycles. The normalized spacial score (nSPS) is 15.7. The van der Waals surface area contributed by atoms with Crippen LogP contribution in [0.2, 0.25) is 0 Å². The van der Waals surface area contributed by atoms with Crippen LogP contribution in [0, 0.1) is 5.82 Å². The third-order valence-corrected chi connectivity index (χ3v) is 7.10. The third-order valence-electron chi connectivity index (χ3n) is 6.21. The average Bonchev–Trinajstić information content (AvgIpc) is 2.88. The Balaban J connectivity index is 1.14. The molecule has 0 saturated carbocycles. The van der Waals surface area contributed by atoms with Crippen molar-refractivity contribution in [3.8, 4) is 0 Å². The lowest BCUT2D eigenvalue weighted by molar-refractivity contribution is 0.0628. The van der Waals surface area contributed by atoms with Crippen molar-refractivity contribution in [2.24, 2.45) is 4.99 Å². The van der Waals surface area contributed by atoms with E-state index in [0.29, 0.717) is 25.2 Å². The minimum atomic E-state index is -0.209. The van der Waals surface area contributed by atoms with Crippen LogP contribution < -0.4 is 4.72 Å². The van der Waals surface area contributed by atoms with Gasteiger partial charge in [0.1, 0.15) is 5.82 Å². The largest absolute Gasteiger partial charge is 0.336 e. The summed E-state index contributed by atoms with van der Waals surface area (Å²) in [7, 11) is 0. The first kappa shape index (κ1) is 22.6. The number of benzene rings is 3. The highest BCUT2D eigenvalue weighted by Gasteiger charge is 2.22. The first-order valence-electron chi connectivity index (χ1n) is 11.6. The number of hydrogen-bond acceptors (Lipinski definition) is 5. The monoisotopic (exact) mass is 474 g/mol. The van der Waals surface area contributed by atoms with Gasteiger partial charge in [0.05, 0.1) is 10.6 Å². The molecule has 0 atom stereocenters. The maximum atomic E-state index is 13.4. The predicted molar refractivity (Wildman–Crippen MR) is 136 cm³/mol. The van der Waals surface area contributed by atoms with E-state index in [0.717, 1.165) is 47.8 Å². The van der Waals surface area contributed by atoms with Crippen molar-refractivity contribution in [1.29, 1.82) is 0 Å². The summed E-state index contributed by atoms with van der Waals surface area (Å²) in [6.45, 7) is 3.60. The Labute approximate surface area is 203 Å². The Morgan fingerprint density at radius 3 is 2.59 bits per heavy atom. The molecule has 0 aromatic heterocycles. The van der Waals surface area contributed by atoms with E-state index in [-0.39, 0.29) is 11.7 Å². The summed E-state index contributed by atoms with van der Waals surface area (Å²) < 4.78 is 16.8. The smallest absolute Gasteiger partial charge is 0.253 e. The SMILES string of the molecule is O=C(c1ccc(NSc2cccc3c2N=CCC3)cc1)N1CCN(Cc2cccc(F)c2)CC1. The number of carbonyl (C=O) groups excluding carboxylic acids is 1. The summed E-state index contributed by atoms with van der Waals surface area (Å²) in [4.78, 5) is 22.8. The Morgan fingerprint density at radius 2 is 1.79 bits per heavy atom. The standard InChI is InChI=1S/C27H27FN4OS/c28-23-7-1-4-20(18-23)19-31-14-16-32(17-15-31)27(33)22-9-11-24(12-10-22)30-34-25-8-2-5-21-6-3-13-29-26(21)25/h1-2,4-5,7-13,18,30H,3,6,14-17,19H2. The molecule has 1 amide bonds. The number of hydrogen-bond donors (Lipinski definition) is 1. The zero-order valence-electron chi connectivity index (χ0n) is 18.9. The van der Waals surface area contributed by atoms with Crippen molar-refractivity contribution in [2.75, 3.05) is 30.9 Å². The topological polar surface area (TPSA) is 47.9 Å². The van der Waals surface area contributed by atoms with Crippen LogP contribution in [0.1, 0.15) is 27.9 Å². The van der Waals surface area contributed by atoms with Crippen LogP contribution in [0.25, 0.3) is 0 Å². The van der Waals surface area contributed by atoms with Gasteiger partial charge in [0.25, 0.3) is 5.91 Å². The number of carbonyl (C=O) groups is 1. The molecule has 0 radical (unpaired) electrons. The predicted octanol–water partition coefficient (Wildman–Crippen LogP) is 5.55. The number of fused-ring (bicyclic) bond motifs is 1. The summed E-state index contributed by atoms with van der Waals surface area (Å²) in [6.07, 6.45) is 4.00.